The minimum atomic E-state index is -0.969. The molecule has 0 aromatic carbocycles. The number of aliphatic hydroxyl groups is 1. The van der Waals surface area contributed by atoms with Crippen LogP contribution in [0.5, 0.6) is 0 Å². The first-order valence-corrected chi connectivity index (χ1v) is 5.94. The van der Waals surface area contributed by atoms with E-state index in [-0.39, 0.29) is 12.2 Å². The molecule has 0 rings (SSSR count). The normalized spacial score (nSPS) is 12.3. The number of hydrogen-bond donors (Lipinski definition) is 2. The molecular weight excluding hydrogens is 240 g/mol. The van der Waals surface area contributed by atoms with Crippen LogP contribution in [0, 0.1) is 0 Å². The molecule has 2 N–H and O–H groups in total. The molecule has 0 fully saturated rings. The van der Waals surface area contributed by atoms with Crippen LogP contribution in [0.2, 0.25) is 0 Å². The van der Waals surface area contributed by atoms with Gasteiger partial charge in [0.2, 0.25) is 0 Å². The fourth-order valence-corrected chi connectivity index (χ4v) is 1.14. The molecule has 0 aliphatic carbocycles. The Labute approximate surface area is 107 Å². The van der Waals surface area contributed by atoms with Crippen LogP contribution in [0.25, 0.3) is 0 Å². The summed E-state index contributed by atoms with van der Waals surface area (Å²) in [6.07, 6.45) is 0.139. The van der Waals surface area contributed by atoms with Gasteiger partial charge in [-0.3, -0.25) is 0 Å². The number of hydrogen-bond acceptors (Lipinski definition) is 5. The van der Waals surface area contributed by atoms with E-state index in [0.29, 0.717) is 39.3 Å². The van der Waals surface area contributed by atoms with Crippen LogP contribution >= 0.6 is 0 Å². The summed E-state index contributed by atoms with van der Waals surface area (Å²) in [6.45, 7) is 6.99. The van der Waals surface area contributed by atoms with E-state index in [1.54, 1.807) is 6.92 Å². The van der Waals surface area contributed by atoms with Crippen molar-refractivity contribution in [3.05, 3.63) is 12.2 Å². The Morgan fingerprint density at radius 1 is 1.28 bits per heavy atom. The maximum atomic E-state index is 10.4. The number of aliphatic hydroxyl groups excluding tert-OH is 1. The molecule has 0 spiro atoms. The Morgan fingerprint density at radius 3 is 2.56 bits per heavy atom. The van der Waals surface area contributed by atoms with E-state index in [4.69, 9.17) is 24.4 Å². The van der Waals surface area contributed by atoms with Crippen molar-refractivity contribution in [2.75, 3.05) is 33.0 Å². The van der Waals surface area contributed by atoms with Gasteiger partial charge < -0.3 is 24.4 Å². The molecule has 0 saturated heterocycles. The third kappa shape index (κ3) is 10.2. The Bertz CT molecular complexity index is 241. The monoisotopic (exact) mass is 262 g/mol. The van der Waals surface area contributed by atoms with Gasteiger partial charge in [-0.2, -0.15) is 0 Å². The molecule has 1 unspecified atom stereocenters. The van der Waals surface area contributed by atoms with Crippen LogP contribution in [0.4, 0.5) is 0 Å². The van der Waals surface area contributed by atoms with Gasteiger partial charge in [-0.1, -0.05) is 6.58 Å². The van der Waals surface area contributed by atoms with Crippen LogP contribution in [0.3, 0.4) is 0 Å². The molecule has 106 valence electrons. The minimum Gasteiger partial charge on any atom is -0.478 e. The highest BCUT2D eigenvalue weighted by atomic mass is 16.6. The average molecular weight is 262 g/mol. The molecule has 6 heteroatoms. The first kappa shape index (κ1) is 17.1. The Hall–Kier alpha value is -0.950. The van der Waals surface area contributed by atoms with E-state index in [9.17, 15) is 4.79 Å². The van der Waals surface area contributed by atoms with Gasteiger partial charge >= 0.3 is 5.97 Å². The van der Waals surface area contributed by atoms with Gasteiger partial charge in [-0.05, 0) is 19.8 Å². The second-order valence-electron chi connectivity index (χ2n) is 3.61. The van der Waals surface area contributed by atoms with E-state index in [2.05, 4.69) is 6.58 Å². The zero-order valence-corrected chi connectivity index (χ0v) is 10.8. The molecular formula is C12H22O6. The minimum absolute atomic E-state index is 0.118. The SMILES string of the molecule is C=C(CCCOCCOCC(O)OCC)C(=O)O. The summed E-state index contributed by atoms with van der Waals surface area (Å²) in [6, 6.07) is 0. The number of rotatable bonds is 12. The van der Waals surface area contributed by atoms with Crippen molar-refractivity contribution in [3.8, 4) is 0 Å². The molecule has 0 aromatic heterocycles. The molecule has 6 nitrogen and oxygen atoms in total. The van der Waals surface area contributed by atoms with Crippen molar-refractivity contribution in [2.45, 2.75) is 26.1 Å². The van der Waals surface area contributed by atoms with Gasteiger partial charge in [0.25, 0.3) is 0 Å². The number of carboxylic acid groups (broad SMARTS) is 1. The fourth-order valence-electron chi connectivity index (χ4n) is 1.14. The fraction of sp³-hybridized carbons (Fsp3) is 0.750. The molecule has 0 aliphatic rings. The van der Waals surface area contributed by atoms with Gasteiger partial charge in [0.1, 0.15) is 0 Å². The lowest BCUT2D eigenvalue weighted by molar-refractivity contribution is -0.137. The molecule has 1 atom stereocenters. The van der Waals surface area contributed by atoms with Crippen LogP contribution in [-0.2, 0) is 19.0 Å². The molecule has 0 radical (unpaired) electrons. The van der Waals surface area contributed by atoms with Gasteiger partial charge in [-0.25, -0.2) is 4.79 Å². The van der Waals surface area contributed by atoms with Crippen LogP contribution in [0.1, 0.15) is 19.8 Å². The number of carboxylic acids is 1. The van der Waals surface area contributed by atoms with E-state index in [1.807, 2.05) is 0 Å². The largest absolute Gasteiger partial charge is 0.478 e. The molecule has 0 amide bonds. The maximum absolute atomic E-state index is 10.4. The summed E-state index contributed by atoms with van der Waals surface area (Å²) in [5.41, 5.74) is 0.190. The third-order valence-electron chi connectivity index (χ3n) is 2.06. The van der Waals surface area contributed by atoms with Crippen LogP contribution in [-0.4, -0.2) is 55.5 Å². The smallest absolute Gasteiger partial charge is 0.330 e. The van der Waals surface area contributed by atoms with E-state index in [1.165, 1.54) is 0 Å². The highest BCUT2D eigenvalue weighted by Gasteiger charge is 2.03. The highest BCUT2D eigenvalue weighted by molar-refractivity contribution is 5.85. The predicted molar refractivity (Wildman–Crippen MR) is 65.3 cm³/mol. The maximum Gasteiger partial charge on any atom is 0.330 e. The Morgan fingerprint density at radius 2 is 1.94 bits per heavy atom. The second-order valence-corrected chi connectivity index (χ2v) is 3.61. The zero-order valence-electron chi connectivity index (χ0n) is 10.8. The van der Waals surface area contributed by atoms with E-state index < -0.39 is 12.3 Å². The number of carbonyl (C=O) groups is 1. The lowest BCUT2D eigenvalue weighted by atomic mass is 10.2. The first-order valence-electron chi connectivity index (χ1n) is 5.94. The number of ether oxygens (including phenoxy) is 3. The van der Waals surface area contributed by atoms with Crippen molar-refractivity contribution < 1.29 is 29.2 Å². The van der Waals surface area contributed by atoms with Crippen molar-refractivity contribution in [1.82, 2.24) is 0 Å². The van der Waals surface area contributed by atoms with Gasteiger partial charge in [0.05, 0.1) is 19.8 Å². The van der Waals surface area contributed by atoms with E-state index >= 15 is 0 Å². The standard InChI is InChI=1S/C12H22O6/c1-3-18-11(13)9-17-8-7-16-6-4-5-10(2)12(14)15/h11,13H,2-9H2,1H3,(H,14,15). The van der Waals surface area contributed by atoms with Crippen molar-refractivity contribution >= 4 is 5.97 Å². The van der Waals surface area contributed by atoms with Crippen molar-refractivity contribution in [3.63, 3.8) is 0 Å². The third-order valence-corrected chi connectivity index (χ3v) is 2.06. The molecule has 0 aliphatic heterocycles. The van der Waals surface area contributed by atoms with Crippen LogP contribution in [0.15, 0.2) is 12.2 Å². The van der Waals surface area contributed by atoms with Crippen molar-refractivity contribution in [2.24, 2.45) is 0 Å². The quantitative estimate of drug-likeness (QED) is 0.307. The summed E-state index contributed by atoms with van der Waals surface area (Å²) in [5.74, 6) is -0.969. The second kappa shape index (κ2) is 11.2. The van der Waals surface area contributed by atoms with Gasteiger partial charge in [-0.15, -0.1) is 0 Å². The Balaban J connectivity index is 3.21. The Kier molecular flexibility index (Phi) is 10.6. The zero-order chi connectivity index (χ0) is 13.8. The molecule has 0 aromatic rings. The highest BCUT2D eigenvalue weighted by Crippen LogP contribution is 2.02. The first-order chi connectivity index (χ1) is 8.57. The average Bonchev–Trinajstić information content (AvgIpc) is 2.32. The summed E-state index contributed by atoms with van der Waals surface area (Å²) in [5, 5.41) is 17.7. The molecule has 0 heterocycles. The van der Waals surface area contributed by atoms with Crippen LogP contribution < -0.4 is 0 Å². The summed E-state index contributed by atoms with van der Waals surface area (Å²) in [4.78, 5) is 10.4. The lowest BCUT2D eigenvalue weighted by Gasteiger charge is -2.11. The summed E-state index contributed by atoms with van der Waals surface area (Å²) < 4.78 is 15.2. The predicted octanol–water partition coefficient (Wildman–Crippen LogP) is 0.796. The summed E-state index contributed by atoms with van der Waals surface area (Å²) in [7, 11) is 0. The topological polar surface area (TPSA) is 85.2 Å². The molecule has 0 saturated carbocycles. The molecule has 0 bridgehead atoms. The molecule has 18 heavy (non-hydrogen) atoms. The van der Waals surface area contributed by atoms with Crippen molar-refractivity contribution in [1.29, 1.82) is 0 Å². The van der Waals surface area contributed by atoms with Gasteiger partial charge in [0, 0.05) is 18.8 Å². The van der Waals surface area contributed by atoms with Gasteiger partial charge in [0.15, 0.2) is 6.29 Å². The number of aliphatic carboxylic acids is 1. The van der Waals surface area contributed by atoms with E-state index in [0.717, 1.165) is 0 Å². The lowest BCUT2D eigenvalue weighted by Crippen LogP contribution is -2.20. The summed E-state index contributed by atoms with van der Waals surface area (Å²) >= 11 is 0.